The third-order valence-electron chi connectivity index (χ3n) is 9.23. The van der Waals surface area contributed by atoms with Gasteiger partial charge >= 0.3 is 0 Å². The third kappa shape index (κ3) is 3.42. The summed E-state index contributed by atoms with van der Waals surface area (Å²) in [5, 5.41) is 3.10. The van der Waals surface area contributed by atoms with Crippen LogP contribution in [0.15, 0.2) is 91.0 Å². The Balaban J connectivity index is 1.69. The summed E-state index contributed by atoms with van der Waals surface area (Å²) >= 11 is 0. The fraction of sp³-hybridized carbons (Fsp3) is 0.265. The molecule has 6 nitrogen and oxygen atoms in total. The topological polar surface area (TPSA) is 69.7 Å². The van der Waals surface area contributed by atoms with Gasteiger partial charge in [-0.3, -0.25) is 19.3 Å². The molecule has 2 fully saturated rings. The summed E-state index contributed by atoms with van der Waals surface area (Å²) in [5.41, 5.74) is 3.41. The van der Waals surface area contributed by atoms with Crippen molar-refractivity contribution in [3.63, 3.8) is 0 Å². The predicted octanol–water partition coefficient (Wildman–Crippen LogP) is 4.85. The number of anilines is 1. The Morgan fingerprint density at radius 2 is 1.65 bits per heavy atom. The Bertz CT molecular complexity index is 1610. The molecule has 1 N–H and O–H groups in total. The molecule has 3 aliphatic rings. The molecular weight excluding hydrogens is 498 g/mol. The quantitative estimate of drug-likeness (QED) is 0.491. The molecule has 6 heteroatoms. The zero-order valence-corrected chi connectivity index (χ0v) is 23.1. The summed E-state index contributed by atoms with van der Waals surface area (Å²) in [4.78, 5) is 46.7. The maximum Gasteiger partial charge on any atom is 0.250 e. The lowest BCUT2D eigenvalue weighted by Gasteiger charge is -2.51. The number of rotatable bonds is 3. The van der Waals surface area contributed by atoms with Gasteiger partial charge in [0.05, 0.1) is 5.41 Å². The number of nitrogens with one attached hydrogen (secondary N) is 1. The summed E-state index contributed by atoms with van der Waals surface area (Å²) in [6, 6.07) is 23.6. The van der Waals surface area contributed by atoms with E-state index in [-0.39, 0.29) is 36.6 Å². The van der Waals surface area contributed by atoms with Crippen LogP contribution < -0.4 is 5.32 Å². The van der Waals surface area contributed by atoms with Crippen LogP contribution in [0.3, 0.4) is 0 Å². The summed E-state index contributed by atoms with van der Waals surface area (Å²) in [6.45, 7) is 8.54. The zero-order valence-electron chi connectivity index (χ0n) is 23.1. The summed E-state index contributed by atoms with van der Waals surface area (Å²) in [5.74, 6) is -0.927. The molecule has 3 aromatic carbocycles. The zero-order chi connectivity index (χ0) is 28.2. The van der Waals surface area contributed by atoms with Crippen molar-refractivity contribution in [3.8, 4) is 0 Å². The van der Waals surface area contributed by atoms with E-state index < -0.39 is 11.0 Å². The lowest BCUT2D eigenvalue weighted by molar-refractivity contribution is -0.150. The van der Waals surface area contributed by atoms with Gasteiger partial charge in [0.15, 0.2) is 5.78 Å². The van der Waals surface area contributed by atoms with Crippen molar-refractivity contribution in [2.75, 3.05) is 32.0 Å². The molecule has 2 saturated heterocycles. The highest BCUT2D eigenvalue weighted by Gasteiger charge is 2.75. The van der Waals surface area contributed by atoms with Gasteiger partial charge in [-0.15, -0.1) is 0 Å². The van der Waals surface area contributed by atoms with Crippen molar-refractivity contribution in [1.82, 2.24) is 9.80 Å². The molecule has 3 aromatic rings. The molecule has 2 spiro atoms. The van der Waals surface area contributed by atoms with E-state index in [0.717, 1.165) is 27.8 Å². The number of benzene rings is 3. The number of Topliss-reactive ketones (excluding diaryl/α,β-unsaturated/α-hetero) is 1. The minimum Gasteiger partial charge on any atom is -0.334 e. The number of nitrogens with zero attached hydrogens (tertiary/aromatic N) is 2. The Morgan fingerprint density at radius 1 is 0.975 bits per heavy atom. The average Bonchev–Trinajstić information content (AvgIpc) is 3.40. The fourth-order valence-electron chi connectivity index (χ4n) is 7.44. The Hall–Kier alpha value is -4.29. The number of fused-ring (bicyclic) bond motifs is 3. The van der Waals surface area contributed by atoms with Crippen molar-refractivity contribution >= 4 is 29.4 Å². The van der Waals surface area contributed by atoms with E-state index in [4.69, 9.17) is 0 Å². The third-order valence-corrected chi connectivity index (χ3v) is 9.23. The van der Waals surface area contributed by atoms with E-state index in [0.29, 0.717) is 17.8 Å². The number of carbonyl (C=O) groups is 3. The SMILES string of the molecule is C=CC(=O)N1C/C(=C\c2ccccc2C)C(=O)[C@@]2(C1)[C@H](c1ccccc1C)CN(C)[C@]21C(=O)Nc2ccccc21. The first-order chi connectivity index (χ1) is 19.3. The van der Waals surface area contributed by atoms with Crippen LogP contribution in [0.25, 0.3) is 6.08 Å². The molecule has 0 radical (unpaired) electrons. The maximum absolute atomic E-state index is 15.2. The van der Waals surface area contributed by atoms with Crippen LogP contribution in [0, 0.1) is 19.3 Å². The minimum atomic E-state index is -1.31. The van der Waals surface area contributed by atoms with Crippen LogP contribution in [0.5, 0.6) is 0 Å². The largest absolute Gasteiger partial charge is 0.334 e. The van der Waals surface area contributed by atoms with E-state index in [1.165, 1.54) is 6.08 Å². The van der Waals surface area contributed by atoms with E-state index in [9.17, 15) is 9.59 Å². The number of aryl methyl sites for hydroxylation is 2. The molecule has 0 aromatic heterocycles. The second kappa shape index (κ2) is 9.42. The number of piperidine rings is 1. The van der Waals surface area contributed by atoms with Crippen LogP contribution in [0.4, 0.5) is 5.69 Å². The van der Waals surface area contributed by atoms with Gasteiger partial charge in [0, 0.05) is 42.4 Å². The number of hydrogen-bond acceptors (Lipinski definition) is 4. The van der Waals surface area contributed by atoms with E-state index in [2.05, 4.69) is 18.0 Å². The van der Waals surface area contributed by atoms with Gasteiger partial charge in [-0.05, 0) is 61.4 Å². The lowest BCUT2D eigenvalue weighted by atomic mass is 9.55. The van der Waals surface area contributed by atoms with Gasteiger partial charge in [-0.1, -0.05) is 73.3 Å². The number of amides is 2. The summed E-state index contributed by atoms with van der Waals surface area (Å²) < 4.78 is 0. The van der Waals surface area contributed by atoms with Crippen LogP contribution >= 0.6 is 0 Å². The molecule has 40 heavy (non-hydrogen) atoms. The first kappa shape index (κ1) is 26.0. The lowest BCUT2D eigenvalue weighted by Crippen LogP contribution is -2.66. The van der Waals surface area contributed by atoms with Gasteiger partial charge in [-0.2, -0.15) is 0 Å². The molecule has 3 atom stereocenters. The van der Waals surface area contributed by atoms with Crippen LogP contribution in [0.2, 0.25) is 0 Å². The number of para-hydroxylation sites is 1. The highest BCUT2D eigenvalue weighted by molar-refractivity contribution is 6.16. The maximum atomic E-state index is 15.2. The van der Waals surface area contributed by atoms with Gasteiger partial charge < -0.3 is 10.2 Å². The molecule has 0 bridgehead atoms. The standard InChI is InChI=1S/C34H33N3O3/c1-5-30(38)37-19-25(18-24-14-8-6-12-22(24)2)31(39)33(21-37)28(26-15-9-7-13-23(26)3)20-36(4)34(33)27-16-10-11-17-29(27)35-32(34)40/h5-18,28H,1,19-21H2,2-4H3,(H,35,40)/b25-18+/t28-,33+,34+/m0/s1. The van der Waals surface area contributed by atoms with Gasteiger partial charge in [-0.25, -0.2) is 0 Å². The monoisotopic (exact) mass is 531 g/mol. The number of carbonyl (C=O) groups excluding carboxylic acids is 3. The van der Waals surface area contributed by atoms with E-state index in [1.54, 1.807) is 4.90 Å². The summed E-state index contributed by atoms with van der Waals surface area (Å²) in [7, 11) is 1.92. The van der Waals surface area contributed by atoms with E-state index >= 15 is 4.79 Å². The number of ketones is 1. The second-order valence-electron chi connectivity index (χ2n) is 11.2. The Morgan fingerprint density at radius 3 is 2.38 bits per heavy atom. The average molecular weight is 532 g/mol. The van der Waals surface area contributed by atoms with Crippen molar-refractivity contribution < 1.29 is 14.4 Å². The van der Waals surface area contributed by atoms with Crippen molar-refractivity contribution in [3.05, 3.63) is 119 Å². The first-order valence-electron chi connectivity index (χ1n) is 13.7. The van der Waals surface area contributed by atoms with E-state index in [1.807, 2.05) is 98.6 Å². The fourth-order valence-corrected chi connectivity index (χ4v) is 7.44. The molecule has 3 heterocycles. The van der Waals surface area contributed by atoms with Gasteiger partial charge in [0.2, 0.25) is 5.91 Å². The minimum absolute atomic E-state index is 0.0895. The molecule has 0 unspecified atom stereocenters. The number of likely N-dealkylation sites (N-methyl/N-ethyl adjacent to an activating group) is 1. The molecule has 2 amide bonds. The number of likely N-dealkylation sites (tertiary alicyclic amines) is 2. The van der Waals surface area contributed by atoms with Gasteiger partial charge in [0.1, 0.15) is 5.54 Å². The van der Waals surface area contributed by atoms with Crippen molar-refractivity contribution in [2.24, 2.45) is 5.41 Å². The van der Waals surface area contributed by atoms with Crippen molar-refractivity contribution in [2.45, 2.75) is 25.3 Å². The Kier molecular flexibility index (Phi) is 6.11. The molecular formula is C34H33N3O3. The normalized spacial score (nSPS) is 26.9. The van der Waals surface area contributed by atoms with Crippen LogP contribution in [0.1, 0.15) is 33.7 Å². The molecule has 3 aliphatic heterocycles. The molecule has 0 saturated carbocycles. The number of hydrogen-bond donors (Lipinski definition) is 1. The smallest absolute Gasteiger partial charge is 0.250 e. The molecule has 6 rings (SSSR count). The molecule has 0 aliphatic carbocycles. The summed E-state index contributed by atoms with van der Waals surface area (Å²) in [6.07, 6.45) is 3.20. The molecule has 202 valence electrons. The predicted molar refractivity (Wildman–Crippen MR) is 157 cm³/mol. The Labute approximate surface area is 235 Å². The van der Waals surface area contributed by atoms with Crippen molar-refractivity contribution in [1.29, 1.82) is 0 Å². The van der Waals surface area contributed by atoms with Crippen LogP contribution in [-0.4, -0.2) is 54.1 Å². The van der Waals surface area contributed by atoms with Crippen LogP contribution in [-0.2, 0) is 19.9 Å². The second-order valence-corrected chi connectivity index (χ2v) is 11.2. The highest BCUT2D eigenvalue weighted by atomic mass is 16.2. The van der Waals surface area contributed by atoms with Gasteiger partial charge in [0.25, 0.3) is 5.91 Å². The highest BCUT2D eigenvalue weighted by Crippen LogP contribution is 2.64. The first-order valence-corrected chi connectivity index (χ1v) is 13.7.